The largest absolute Gasteiger partial charge is 0.497 e. The third kappa shape index (κ3) is 3.57. The van der Waals surface area contributed by atoms with Gasteiger partial charge in [-0.05, 0) is 36.2 Å². The summed E-state index contributed by atoms with van der Waals surface area (Å²) in [6.45, 7) is 1.97. The highest BCUT2D eigenvalue weighted by Gasteiger charge is 2.28. The van der Waals surface area contributed by atoms with Crippen LogP contribution in [0, 0.1) is 0 Å². The molecule has 1 atom stereocenters. The van der Waals surface area contributed by atoms with Gasteiger partial charge in [0.05, 0.1) is 18.6 Å². The van der Waals surface area contributed by atoms with Gasteiger partial charge < -0.3 is 10.1 Å². The molecule has 1 aromatic rings. The van der Waals surface area contributed by atoms with E-state index in [2.05, 4.69) is 15.5 Å². The lowest BCUT2D eigenvalue weighted by molar-refractivity contribution is -0.118. The Hall–Kier alpha value is -1.82. The van der Waals surface area contributed by atoms with Gasteiger partial charge in [0.25, 0.3) is 0 Å². The molecule has 0 aliphatic carbocycles. The average Bonchev–Trinajstić information content (AvgIpc) is 2.80. The fraction of sp³-hybridized carbons (Fsp3) is 0.308. The maximum absolute atomic E-state index is 11.4. The second-order valence-corrected chi connectivity index (χ2v) is 5.12. The Kier molecular flexibility index (Phi) is 4.57. The quantitative estimate of drug-likeness (QED) is 0.676. The Morgan fingerprint density at radius 3 is 2.74 bits per heavy atom. The van der Waals surface area contributed by atoms with Gasteiger partial charge in [-0.2, -0.15) is 5.10 Å². The van der Waals surface area contributed by atoms with Crippen molar-refractivity contribution < 1.29 is 9.53 Å². The number of nitrogens with zero attached hydrogens (tertiary/aromatic N) is 2. The van der Waals surface area contributed by atoms with Gasteiger partial charge in [0.1, 0.15) is 5.75 Å². The first-order valence-electron chi connectivity index (χ1n) is 5.95. The van der Waals surface area contributed by atoms with Gasteiger partial charge in [0.2, 0.25) is 5.91 Å². The molecule has 1 unspecified atom stereocenters. The molecule has 5 nitrogen and oxygen atoms in total. The van der Waals surface area contributed by atoms with E-state index in [-0.39, 0.29) is 11.2 Å². The van der Waals surface area contributed by atoms with Crippen LogP contribution in [0.2, 0.25) is 0 Å². The zero-order valence-corrected chi connectivity index (χ0v) is 11.6. The molecule has 1 aliphatic heterocycles. The highest BCUT2D eigenvalue weighted by Crippen LogP contribution is 2.21. The summed E-state index contributed by atoms with van der Waals surface area (Å²) in [5.41, 5.74) is 0.923. The number of ether oxygens (including phenoxy) is 1. The minimum absolute atomic E-state index is 0.00546. The molecule has 0 spiro atoms. The molecule has 0 aromatic heterocycles. The molecule has 0 radical (unpaired) electrons. The minimum atomic E-state index is -0.0464. The number of nitrogens with one attached hydrogen (secondary N) is 1. The van der Waals surface area contributed by atoms with E-state index in [0.717, 1.165) is 17.7 Å². The van der Waals surface area contributed by atoms with Crippen LogP contribution in [0.3, 0.4) is 0 Å². The Morgan fingerprint density at radius 1 is 1.42 bits per heavy atom. The summed E-state index contributed by atoms with van der Waals surface area (Å²) in [6, 6.07) is 7.48. The van der Waals surface area contributed by atoms with E-state index in [0.29, 0.717) is 5.17 Å². The van der Waals surface area contributed by atoms with Crippen LogP contribution in [0.25, 0.3) is 0 Å². The van der Waals surface area contributed by atoms with Gasteiger partial charge in [-0.3, -0.25) is 4.79 Å². The zero-order valence-electron chi connectivity index (χ0n) is 10.8. The van der Waals surface area contributed by atoms with Gasteiger partial charge >= 0.3 is 0 Å². The molecule has 1 saturated heterocycles. The Bertz CT molecular complexity index is 511. The second kappa shape index (κ2) is 6.38. The summed E-state index contributed by atoms with van der Waals surface area (Å²) < 4.78 is 5.07. The van der Waals surface area contributed by atoms with Crippen LogP contribution in [0.4, 0.5) is 0 Å². The molecule has 0 saturated carbocycles. The topological polar surface area (TPSA) is 63.1 Å². The van der Waals surface area contributed by atoms with Crippen molar-refractivity contribution in [3.8, 4) is 5.75 Å². The molecule has 0 bridgehead atoms. The number of rotatable bonds is 4. The molecule has 1 fully saturated rings. The normalized spacial score (nSPS) is 21.1. The van der Waals surface area contributed by atoms with Crippen LogP contribution in [0.5, 0.6) is 5.75 Å². The SMILES string of the molecule is CCC1S/C(=N/N=C/c2ccc(OC)cc2)NC1=O. The molecule has 19 heavy (non-hydrogen) atoms. The number of methoxy groups -OCH3 is 1. The Morgan fingerprint density at radius 2 is 2.16 bits per heavy atom. The van der Waals surface area contributed by atoms with E-state index in [4.69, 9.17) is 4.74 Å². The first-order valence-corrected chi connectivity index (χ1v) is 6.83. The predicted octanol–water partition coefficient (Wildman–Crippen LogP) is 2.03. The van der Waals surface area contributed by atoms with E-state index >= 15 is 0 Å². The number of carbonyl (C=O) groups excluding carboxylic acids is 1. The van der Waals surface area contributed by atoms with E-state index in [9.17, 15) is 4.79 Å². The zero-order chi connectivity index (χ0) is 13.7. The number of benzene rings is 1. The fourth-order valence-corrected chi connectivity index (χ4v) is 2.41. The molecule has 100 valence electrons. The number of amidine groups is 1. The van der Waals surface area contributed by atoms with Gasteiger partial charge in [0.15, 0.2) is 5.17 Å². The molecule has 1 amide bonds. The van der Waals surface area contributed by atoms with Crippen molar-refractivity contribution >= 4 is 29.1 Å². The highest BCUT2D eigenvalue weighted by atomic mass is 32.2. The monoisotopic (exact) mass is 277 g/mol. The first kappa shape index (κ1) is 13.6. The summed E-state index contributed by atoms with van der Waals surface area (Å²) >= 11 is 1.42. The maximum atomic E-state index is 11.4. The van der Waals surface area contributed by atoms with Gasteiger partial charge in [-0.25, -0.2) is 0 Å². The summed E-state index contributed by atoms with van der Waals surface area (Å²) in [7, 11) is 1.62. The summed E-state index contributed by atoms with van der Waals surface area (Å²) in [5.74, 6) is 0.804. The van der Waals surface area contributed by atoms with Crippen LogP contribution in [0.15, 0.2) is 34.5 Å². The average molecular weight is 277 g/mol. The van der Waals surface area contributed by atoms with E-state index in [1.807, 2.05) is 31.2 Å². The summed E-state index contributed by atoms with van der Waals surface area (Å²) in [5, 5.41) is 11.2. The maximum Gasteiger partial charge on any atom is 0.239 e. The van der Waals surface area contributed by atoms with Crippen molar-refractivity contribution in [3.05, 3.63) is 29.8 Å². The molecular weight excluding hydrogens is 262 g/mol. The van der Waals surface area contributed by atoms with Crippen molar-refractivity contribution in [2.75, 3.05) is 7.11 Å². The number of hydrogen-bond acceptors (Lipinski definition) is 5. The standard InChI is InChI=1S/C13H15N3O2S/c1-3-11-12(17)15-13(19-11)16-14-8-9-4-6-10(18-2)7-5-9/h4-8,11H,3H2,1-2H3,(H,15,16,17)/b14-8+. The van der Waals surface area contributed by atoms with Gasteiger partial charge in [-0.15, -0.1) is 5.10 Å². The number of carbonyl (C=O) groups is 1. The smallest absolute Gasteiger partial charge is 0.239 e. The Labute approximate surface area is 116 Å². The van der Waals surface area contributed by atoms with E-state index in [1.54, 1.807) is 13.3 Å². The molecular formula is C13H15N3O2S. The predicted molar refractivity (Wildman–Crippen MR) is 77.8 cm³/mol. The molecule has 6 heteroatoms. The van der Waals surface area contributed by atoms with Gasteiger partial charge in [0, 0.05) is 0 Å². The highest BCUT2D eigenvalue weighted by molar-refractivity contribution is 8.15. The van der Waals surface area contributed by atoms with Crippen LogP contribution >= 0.6 is 11.8 Å². The lowest BCUT2D eigenvalue weighted by Crippen LogP contribution is -2.24. The number of hydrogen-bond donors (Lipinski definition) is 1. The van der Waals surface area contributed by atoms with E-state index in [1.165, 1.54) is 11.8 Å². The van der Waals surface area contributed by atoms with Crippen molar-refractivity contribution in [2.24, 2.45) is 10.2 Å². The lowest BCUT2D eigenvalue weighted by atomic mass is 10.2. The number of thioether (sulfide) groups is 1. The molecule has 1 heterocycles. The van der Waals surface area contributed by atoms with Crippen molar-refractivity contribution in [3.63, 3.8) is 0 Å². The number of amides is 1. The van der Waals surface area contributed by atoms with Crippen molar-refractivity contribution in [2.45, 2.75) is 18.6 Å². The first-order chi connectivity index (χ1) is 9.22. The summed E-state index contributed by atoms with van der Waals surface area (Å²) in [6.07, 6.45) is 2.43. The van der Waals surface area contributed by atoms with Crippen LogP contribution in [-0.4, -0.2) is 29.6 Å². The fourth-order valence-electron chi connectivity index (χ4n) is 1.56. The molecule has 2 rings (SSSR count). The van der Waals surface area contributed by atoms with Crippen molar-refractivity contribution in [1.82, 2.24) is 5.32 Å². The second-order valence-electron chi connectivity index (χ2n) is 3.93. The lowest BCUT2D eigenvalue weighted by Gasteiger charge is -1.98. The van der Waals surface area contributed by atoms with Gasteiger partial charge in [-0.1, -0.05) is 18.7 Å². The molecule has 1 aliphatic rings. The molecule has 1 aromatic carbocycles. The minimum Gasteiger partial charge on any atom is -0.497 e. The third-order valence-electron chi connectivity index (χ3n) is 2.62. The van der Waals surface area contributed by atoms with E-state index < -0.39 is 0 Å². The van der Waals surface area contributed by atoms with Crippen molar-refractivity contribution in [1.29, 1.82) is 0 Å². The summed E-state index contributed by atoms with van der Waals surface area (Å²) in [4.78, 5) is 11.4. The van der Waals surface area contributed by atoms with Crippen LogP contribution in [-0.2, 0) is 4.79 Å². The molecule has 1 N–H and O–H groups in total. The van der Waals surface area contributed by atoms with Crippen LogP contribution in [0.1, 0.15) is 18.9 Å². The Balaban J connectivity index is 1.97. The third-order valence-corrected chi connectivity index (χ3v) is 3.86. The van der Waals surface area contributed by atoms with Crippen LogP contribution < -0.4 is 10.1 Å².